The van der Waals surface area contributed by atoms with E-state index in [-0.39, 0.29) is 77.1 Å². The Hall–Kier alpha value is -9.64. The fraction of sp³-hybridized carbons (Fsp3) is 0.314. The molecule has 80 heavy (non-hydrogen) atoms. The summed E-state index contributed by atoms with van der Waals surface area (Å²) < 4.78 is 41.8. The smallest absolute Gasteiger partial charge is 0.374 e. The van der Waals surface area contributed by atoms with Gasteiger partial charge in [0, 0.05) is 30.7 Å². The lowest BCUT2D eigenvalue weighted by molar-refractivity contribution is -0.392. The molecule has 3 aromatic carbocycles. The quantitative estimate of drug-likeness (QED) is 0.0303. The highest BCUT2D eigenvalue weighted by atomic mass is 32.2. The van der Waals surface area contributed by atoms with Crippen molar-refractivity contribution in [1.82, 2.24) is 29.3 Å². The summed E-state index contributed by atoms with van der Waals surface area (Å²) in [6, 6.07) is 12.3. The number of β-lactam (4-membered cyclic amide) rings is 1. The van der Waals surface area contributed by atoms with E-state index in [1.54, 1.807) is 13.8 Å². The number of nitrogens with zero attached hydrogens (tertiary/aromatic N) is 7. The largest absolute Gasteiger partial charge is 0.508 e. The number of thioether (sulfide) groups is 1. The van der Waals surface area contributed by atoms with Crippen molar-refractivity contribution in [3.05, 3.63) is 155 Å². The van der Waals surface area contributed by atoms with Gasteiger partial charge in [-0.15, -0.1) is 11.8 Å². The first-order valence-corrected chi connectivity index (χ1v) is 25.1. The Kier molecular flexibility index (Phi) is 15.4. The number of phenolic OH excluding ortho intramolecular Hbond substituents is 1. The number of aromatic hydroxyl groups is 1. The minimum atomic E-state index is -1.39. The van der Waals surface area contributed by atoms with E-state index in [4.69, 9.17) is 38.3 Å². The van der Waals surface area contributed by atoms with Gasteiger partial charge in [-0.1, -0.05) is 24.3 Å². The van der Waals surface area contributed by atoms with Crippen LogP contribution in [0.2, 0.25) is 0 Å². The van der Waals surface area contributed by atoms with Crippen LogP contribution in [0.4, 0.5) is 11.6 Å². The first-order valence-electron chi connectivity index (χ1n) is 24.2. The van der Waals surface area contributed by atoms with Gasteiger partial charge in [0.25, 0.3) is 0 Å². The van der Waals surface area contributed by atoms with Gasteiger partial charge in [0.15, 0.2) is 28.6 Å². The molecular formula is C51H47N9O19S. The van der Waals surface area contributed by atoms with E-state index in [1.807, 2.05) is 0 Å². The Labute approximate surface area is 453 Å². The summed E-state index contributed by atoms with van der Waals surface area (Å²) >= 11 is 1.23. The predicted octanol–water partition coefficient (Wildman–Crippen LogP) is 3.76. The van der Waals surface area contributed by atoms with Crippen molar-refractivity contribution in [1.29, 1.82) is 0 Å². The van der Waals surface area contributed by atoms with E-state index < -0.39 is 110 Å². The Bertz CT molecular complexity index is 3580. The second-order valence-corrected chi connectivity index (χ2v) is 20.4. The summed E-state index contributed by atoms with van der Waals surface area (Å²) in [5.74, 6) is -5.53. The first-order chi connectivity index (χ1) is 38.1. The maximum absolute atomic E-state index is 14.5. The van der Waals surface area contributed by atoms with Crippen LogP contribution in [0.3, 0.4) is 0 Å². The zero-order valence-corrected chi connectivity index (χ0v) is 43.4. The topological polar surface area (TPSA) is 375 Å². The van der Waals surface area contributed by atoms with E-state index in [0.29, 0.717) is 17.2 Å². The number of aromatic nitrogens is 4. The molecule has 0 unspecified atom stereocenters. The number of amides is 2. The Morgan fingerprint density at radius 1 is 0.787 bits per heavy atom. The number of nitrogens with two attached hydrogens (primary N) is 1. The van der Waals surface area contributed by atoms with Crippen LogP contribution in [0, 0.1) is 34.1 Å². The number of hydrogen-bond acceptors (Lipinski definition) is 23. The van der Waals surface area contributed by atoms with Crippen LogP contribution in [0.25, 0.3) is 21.9 Å². The van der Waals surface area contributed by atoms with E-state index in [2.05, 4.69) is 15.3 Å². The minimum absolute atomic E-state index is 0.0371. The lowest BCUT2D eigenvalue weighted by Gasteiger charge is -2.44. The van der Waals surface area contributed by atoms with Crippen LogP contribution >= 0.6 is 11.8 Å². The number of esters is 3. The van der Waals surface area contributed by atoms with Gasteiger partial charge in [-0.05, 0) is 65.7 Å². The molecule has 7 aromatic rings. The van der Waals surface area contributed by atoms with Crippen molar-refractivity contribution < 1.29 is 71.4 Å². The van der Waals surface area contributed by atoms with Crippen LogP contribution in [-0.4, -0.2) is 123 Å². The highest BCUT2D eigenvalue weighted by molar-refractivity contribution is 8.01. The number of aryl methyl sites for hydroxylation is 2. The molecule has 0 spiro atoms. The number of hydrogen-bond donors (Lipinski definition) is 3. The highest BCUT2D eigenvalue weighted by Gasteiger charge is 2.65. The van der Waals surface area contributed by atoms with Crippen molar-refractivity contribution in [2.45, 2.75) is 75.1 Å². The number of rotatable bonds is 21. The molecule has 0 radical (unpaired) electrons. The molecule has 2 aliphatic rings. The molecule has 6 heterocycles. The van der Waals surface area contributed by atoms with Crippen molar-refractivity contribution in [3.63, 3.8) is 0 Å². The Morgan fingerprint density at radius 3 is 1.75 bits per heavy atom. The molecule has 416 valence electrons. The minimum Gasteiger partial charge on any atom is -0.508 e. The lowest BCUT2D eigenvalue weighted by Crippen LogP contribution is -2.71. The molecule has 0 saturated carbocycles. The third-order valence-electron chi connectivity index (χ3n) is 13.0. The highest BCUT2D eigenvalue weighted by Crippen LogP contribution is 2.51. The summed E-state index contributed by atoms with van der Waals surface area (Å²) in [5, 5.41) is 34.1. The molecule has 9 rings (SSSR count). The van der Waals surface area contributed by atoms with Gasteiger partial charge < -0.3 is 73.8 Å². The molecule has 2 fully saturated rings. The molecular weight excluding hydrogens is 1070 g/mol. The monoisotopic (exact) mass is 1120 g/mol. The fourth-order valence-corrected chi connectivity index (χ4v) is 10.7. The molecule has 4 atom stereocenters. The number of ether oxygens (including phenoxy) is 5. The van der Waals surface area contributed by atoms with Gasteiger partial charge in [-0.3, -0.25) is 19.2 Å². The van der Waals surface area contributed by atoms with E-state index in [0.717, 1.165) is 24.5 Å². The summed E-state index contributed by atoms with van der Waals surface area (Å²) in [6.45, 7) is 4.46. The van der Waals surface area contributed by atoms with Gasteiger partial charge in [-0.2, -0.15) is 0 Å². The normalized spacial score (nSPS) is 16.6. The zero-order valence-electron chi connectivity index (χ0n) is 42.6. The number of nitro groups is 2. The molecule has 4 aromatic heterocycles. The average Bonchev–Trinajstić information content (AvgIpc) is 4.30. The third-order valence-corrected chi connectivity index (χ3v) is 14.6. The Morgan fingerprint density at radius 2 is 1.27 bits per heavy atom. The summed E-state index contributed by atoms with van der Waals surface area (Å²) in [4.78, 5) is 126. The maximum Gasteiger partial charge on any atom is 0.374 e. The summed E-state index contributed by atoms with van der Waals surface area (Å²) in [5.41, 5.74) is 4.83. The molecule has 2 aliphatic heterocycles. The number of fused-ring (bicyclic) bond motifs is 3. The summed E-state index contributed by atoms with van der Waals surface area (Å²) in [7, 11) is 0. The maximum atomic E-state index is 14.5. The standard InChI is InChI=1S/C51H47N9O19S/c1-25-53-21-38(59(69)70)56(25)15-17-73-48(66)36-19-30(62)40-32(7-5-9-34(40)78-36)75-23-29(77-50(68)44-51(3,4)80-47-43(46(65)58(44)47)55-45(64)42(52)27-11-13-28(61)14-12-27)24-76-33-8-6-10-35-41(33)31(63)20-37(79-35)49(67)74-18-16-57-26(2)54-22-39(57)60(71)72/h5-14,19-22,29,42-44,47,61H,15-18,23-24,52H2,1-4H3,(H,55,64)/t42-,43-,44+,47-/m1/s1. The van der Waals surface area contributed by atoms with Crippen LogP contribution in [0.5, 0.6) is 17.2 Å². The number of phenols is 1. The van der Waals surface area contributed by atoms with E-state index >= 15 is 0 Å². The van der Waals surface area contributed by atoms with Gasteiger partial charge in [0.1, 0.15) is 115 Å². The van der Waals surface area contributed by atoms with Crippen LogP contribution < -0.4 is 31.4 Å². The van der Waals surface area contributed by atoms with Crippen molar-refractivity contribution in [2.24, 2.45) is 5.73 Å². The molecule has 0 aliphatic carbocycles. The molecule has 29 heteroatoms. The SMILES string of the molecule is Cc1ncc([N+](=O)[O-])n1CCOC(=O)c1cc(=O)c2c(OCC(COc3cccc4oc(C(=O)OCCn5c([N+](=O)[O-])cnc5C)cc(=O)c34)OC(=O)[C@@H]3N4C(=O)[C@@H](NC(=O)[C@H](N)c5ccc(O)cc5)[C@H]4SC3(C)C)cccc2o1. The second kappa shape index (κ2) is 22.4. The number of carbonyl (C=O) groups excluding carboxylic acids is 5. The van der Waals surface area contributed by atoms with Crippen molar-refractivity contribution in [2.75, 3.05) is 26.4 Å². The van der Waals surface area contributed by atoms with Crippen LogP contribution in [0.1, 0.15) is 58.2 Å². The van der Waals surface area contributed by atoms with Crippen molar-refractivity contribution >= 4 is 75.1 Å². The van der Waals surface area contributed by atoms with Gasteiger partial charge in [0.05, 0.1) is 0 Å². The predicted molar refractivity (Wildman–Crippen MR) is 277 cm³/mol. The second-order valence-electron chi connectivity index (χ2n) is 18.6. The molecule has 2 saturated heterocycles. The van der Waals surface area contributed by atoms with Gasteiger partial charge in [0.2, 0.25) is 23.3 Å². The number of carbonyl (C=O) groups is 5. The van der Waals surface area contributed by atoms with Gasteiger partial charge in [-0.25, -0.2) is 33.5 Å². The van der Waals surface area contributed by atoms with Crippen LogP contribution in [-0.2, 0) is 41.7 Å². The van der Waals surface area contributed by atoms with E-state index in [1.165, 1.54) is 100 Å². The third kappa shape index (κ3) is 11.1. The zero-order chi connectivity index (χ0) is 57.3. The molecule has 4 N–H and O–H groups in total. The lowest BCUT2D eigenvalue weighted by atomic mass is 9.95. The fourth-order valence-electron chi connectivity index (χ4n) is 9.07. The number of nitrogens with one attached hydrogen (secondary N) is 1. The molecule has 28 nitrogen and oxygen atoms in total. The first kappa shape index (κ1) is 55.1. The molecule has 0 bridgehead atoms. The molecule has 2 amide bonds. The average molecular weight is 1120 g/mol. The van der Waals surface area contributed by atoms with Crippen molar-refractivity contribution in [3.8, 4) is 17.2 Å². The van der Waals surface area contributed by atoms with Gasteiger partial charge >= 0.3 is 29.5 Å². The number of benzene rings is 3. The van der Waals surface area contributed by atoms with Crippen LogP contribution in [0.15, 0.2) is 104 Å². The van der Waals surface area contributed by atoms with E-state index in [9.17, 15) is 58.9 Å². The Balaban J connectivity index is 0.931. The summed E-state index contributed by atoms with van der Waals surface area (Å²) in [6.07, 6.45) is 0.738. The number of imidazole rings is 2.